The zero-order chi connectivity index (χ0) is 15.7. The van der Waals surface area contributed by atoms with E-state index in [4.69, 9.17) is 11.6 Å². The molecule has 0 spiro atoms. The van der Waals surface area contributed by atoms with E-state index in [9.17, 15) is 4.79 Å². The Morgan fingerprint density at radius 2 is 2.14 bits per heavy atom. The van der Waals surface area contributed by atoms with Crippen LogP contribution in [-0.2, 0) is 6.54 Å². The fourth-order valence-electron chi connectivity index (χ4n) is 2.21. The van der Waals surface area contributed by atoms with Gasteiger partial charge in [-0.15, -0.1) is 0 Å². The third-order valence-electron chi connectivity index (χ3n) is 3.23. The van der Waals surface area contributed by atoms with E-state index in [1.165, 1.54) is 11.3 Å². The molecule has 0 N–H and O–H groups in total. The highest BCUT2D eigenvalue weighted by Gasteiger charge is 2.09. The number of aromatic nitrogens is 1. The first-order chi connectivity index (χ1) is 10.6. The van der Waals surface area contributed by atoms with Crippen LogP contribution in [0, 0.1) is 0 Å². The molecule has 1 aromatic heterocycles. The molecule has 0 aliphatic heterocycles. The van der Waals surface area contributed by atoms with E-state index in [0.29, 0.717) is 15.4 Å². The van der Waals surface area contributed by atoms with Crippen LogP contribution in [0.2, 0.25) is 5.02 Å². The van der Waals surface area contributed by atoms with E-state index < -0.39 is 0 Å². The molecule has 0 fully saturated rings. The van der Waals surface area contributed by atoms with Crippen LogP contribution < -0.4 is 4.80 Å². The summed E-state index contributed by atoms with van der Waals surface area (Å²) in [5.41, 5.74) is 1.60. The zero-order valence-electron chi connectivity index (χ0n) is 11.7. The number of hydrogen-bond acceptors (Lipinski definition) is 2. The Kier molecular flexibility index (Phi) is 4.47. The van der Waals surface area contributed by atoms with E-state index in [-0.39, 0.29) is 5.91 Å². The monoisotopic (exact) mass is 394 g/mol. The number of halogens is 2. The van der Waals surface area contributed by atoms with Gasteiger partial charge >= 0.3 is 0 Å². The van der Waals surface area contributed by atoms with Crippen molar-refractivity contribution in [1.82, 2.24) is 4.57 Å². The van der Waals surface area contributed by atoms with Gasteiger partial charge in [-0.3, -0.25) is 4.79 Å². The quantitative estimate of drug-likeness (QED) is 0.609. The summed E-state index contributed by atoms with van der Waals surface area (Å²) in [5.74, 6) is -0.249. The summed E-state index contributed by atoms with van der Waals surface area (Å²) in [6.07, 6.45) is 0. The predicted octanol–water partition coefficient (Wildman–Crippen LogP) is 4.88. The van der Waals surface area contributed by atoms with Gasteiger partial charge in [-0.2, -0.15) is 4.99 Å². The number of aryl methyl sites for hydroxylation is 1. The Hall–Kier alpha value is -1.43. The Labute approximate surface area is 145 Å². The van der Waals surface area contributed by atoms with Crippen molar-refractivity contribution in [2.75, 3.05) is 0 Å². The minimum absolute atomic E-state index is 0.249. The summed E-state index contributed by atoms with van der Waals surface area (Å²) in [5, 5.41) is 0.682. The first-order valence-electron chi connectivity index (χ1n) is 6.72. The SMILES string of the molecule is CCn1c(=NC(=O)c2cccc(Br)c2)sc2cc(Cl)ccc21. The highest BCUT2D eigenvalue weighted by Crippen LogP contribution is 2.22. The van der Waals surface area contributed by atoms with Crippen LogP contribution in [0.5, 0.6) is 0 Å². The molecule has 1 amide bonds. The molecule has 0 aliphatic carbocycles. The summed E-state index contributed by atoms with van der Waals surface area (Å²) in [7, 11) is 0. The molecule has 3 aromatic rings. The van der Waals surface area contributed by atoms with Crippen LogP contribution in [0.4, 0.5) is 0 Å². The van der Waals surface area contributed by atoms with E-state index in [0.717, 1.165) is 21.2 Å². The topological polar surface area (TPSA) is 34.4 Å². The molecule has 0 bridgehead atoms. The summed E-state index contributed by atoms with van der Waals surface area (Å²) in [6.45, 7) is 2.77. The highest BCUT2D eigenvalue weighted by atomic mass is 79.9. The second-order valence-electron chi connectivity index (χ2n) is 4.67. The smallest absolute Gasteiger partial charge is 0.279 e. The number of nitrogens with zero attached hydrogens (tertiary/aromatic N) is 2. The molecule has 0 atom stereocenters. The lowest BCUT2D eigenvalue weighted by atomic mass is 10.2. The summed E-state index contributed by atoms with van der Waals surface area (Å²) in [4.78, 5) is 17.3. The number of amides is 1. The molecule has 22 heavy (non-hydrogen) atoms. The molecule has 0 aliphatic rings. The minimum Gasteiger partial charge on any atom is -0.317 e. The maximum atomic E-state index is 12.4. The molecule has 3 nitrogen and oxygen atoms in total. The van der Waals surface area contributed by atoms with Gasteiger partial charge in [0.2, 0.25) is 0 Å². The van der Waals surface area contributed by atoms with Gasteiger partial charge in [0.05, 0.1) is 10.2 Å². The van der Waals surface area contributed by atoms with Gasteiger partial charge in [0, 0.05) is 21.6 Å². The number of carbonyl (C=O) groups excluding carboxylic acids is 1. The third kappa shape index (κ3) is 3.02. The maximum Gasteiger partial charge on any atom is 0.279 e. The van der Waals surface area contributed by atoms with Crippen molar-refractivity contribution >= 4 is 55.0 Å². The van der Waals surface area contributed by atoms with E-state index in [2.05, 4.69) is 20.9 Å². The van der Waals surface area contributed by atoms with Crippen LogP contribution in [0.1, 0.15) is 17.3 Å². The molecule has 0 radical (unpaired) electrons. The van der Waals surface area contributed by atoms with Gasteiger partial charge in [0.25, 0.3) is 5.91 Å². The Bertz CT molecular complexity index is 929. The molecule has 1 heterocycles. The van der Waals surface area contributed by atoms with Crippen LogP contribution in [-0.4, -0.2) is 10.5 Å². The molecule has 0 saturated carbocycles. The summed E-state index contributed by atoms with van der Waals surface area (Å²) in [6, 6.07) is 12.9. The molecule has 112 valence electrons. The van der Waals surface area contributed by atoms with Crippen LogP contribution >= 0.6 is 38.9 Å². The Morgan fingerprint density at radius 1 is 1.32 bits per heavy atom. The van der Waals surface area contributed by atoms with E-state index in [1.54, 1.807) is 12.1 Å². The van der Waals surface area contributed by atoms with Crippen LogP contribution in [0.3, 0.4) is 0 Å². The normalized spacial score (nSPS) is 12.0. The summed E-state index contributed by atoms with van der Waals surface area (Å²) < 4.78 is 3.90. The molecule has 0 saturated heterocycles. The van der Waals surface area contributed by atoms with E-state index in [1.807, 2.05) is 41.8 Å². The van der Waals surface area contributed by atoms with Crippen LogP contribution in [0.25, 0.3) is 10.2 Å². The van der Waals surface area contributed by atoms with Crippen molar-refractivity contribution < 1.29 is 4.79 Å². The third-order valence-corrected chi connectivity index (χ3v) is 5.00. The van der Waals surface area contributed by atoms with Crippen molar-refractivity contribution in [1.29, 1.82) is 0 Å². The maximum absolute atomic E-state index is 12.4. The lowest BCUT2D eigenvalue weighted by Gasteiger charge is -2.00. The van der Waals surface area contributed by atoms with Crippen molar-refractivity contribution in [3.8, 4) is 0 Å². The molecule has 2 aromatic carbocycles. The lowest BCUT2D eigenvalue weighted by Crippen LogP contribution is -2.15. The standard InChI is InChI=1S/C16H12BrClN2OS/c1-2-20-13-7-6-12(18)9-14(13)22-16(20)19-15(21)10-4-3-5-11(17)8-10/h3-9H,2H2,1H3. The van der Waals surface area contributed by atoms with E-state index >= 15 is 0 Å². The number of benzene rings is 2. The number of fused-ring (bicyclic) bond motifs is 1. The second kappa shape index (κ2) is 6.36. The number of rotatable bonds is 2. The molecule has 0 unspecified atom stereocenters. The largest absolute Gasteiger partial charge is 0.317 e. The molecular formula is C16H12BrClN2OS. The Balaban J connectivity index is 2.14. The highest BCUT2D eigenvalue weighted by molar-refractivity contribution is 9.10. The average Bonchev–Trinajstić information content (AvgIpc) is 2.83. The lowest BCUT2D eigenvalue weighted by molar-refractivity contribution is 0.0998. The number of carbonyl (C=O) groups is 1. The fraction of sp³-hybridized carbons (Fsp3) is 0.125. The van der Waals surface area contributed by atoms with Gasteiger partial charge in [-0.05, 0) is 43.3 Å². The number of hydrogen-bond donors (Lipinski definition) is 0. The summed E-state index contributed by atoms with van der Waals surface area (Å²) >= 11 is 10.9. The van der Waals surface area contributed by atoms with Crippen molar-refractivity contribution in [2.24, 2.45) is 4.99 Å². The molecular weight excluding hydrogens is 384 g/mol. The molecule has 3 rings (SSSR count). The number of thiazole rings is 1. The Morgan fingerprint density at radius 3 is 2.86 bits per heavy atom. The van der Waals surface area contributed by atoms with Gasteiger partial charge in [0.15, 0.2) is 4.80 Å². The first kappa shape index (κ1) is 15.5. The first-order valence-corrected chi connectivity index (χ1v) is 8.70. The average molecular weight is 396 g/mol. The second-order valence-corrected chi connectivity index (χ2v) is 7.03. The van der Waals surface area contributed by atoms with Crippen molar-refractivity contribution in [3.05, 3.63) is 62.3 Å². The zero-order valence-corrected chi connectivity index (χ0v) is 14.9. The predicted molar refractivity (Wildman–Crippen MR) is 94.5 cm³/mol. The van der Waals surface area contributed by atoms with Gasteiger partial charge < -0.3 is 4.57 Å². The van der Waals surface area contributed by atoms with Gasteiger partial charge in [-0.25, -0.2) is 0 Å². The van der Waals surface area contributed by atoms with Crippen molar-refractivity contribution in [2.45, 2.75) is 13.5 Å². The minimum atomic E-state index is -0.249. The fourth-order valence-corrected chi connectivity index (χ4v) is 3.98. The van der Waals surface area contributed by atoms with Gasteiger partial charge in [0.1, 0.15) is 0 Å². The van der Waals surface area contributed by atoms with Crippen molar-refractivity contribution in [3.63, 3.8) is 0 Å². The molecule has 6 heteroatoms. The van der Waals surface area contributed by atoms with Gasteiger partial charge in [-0.1, -0.05) is 44.9 Å². The van der Waals surface area contributed by atoms with Crippen LogP contribution in [0.15, 0.2) is 51.9 Å².